The number of nitrogens with zero attached hydrogens (tertiary/aromatic N) is 1. The van der Waals surface area contributed by atoms with Gasteiger partial charge in [0.25, 0.3) is 0 Å². The highest BCUT2D eigenvalue weighted by atomic mass is 16.3. The van der Waals surface area contributed by atoms with Crippen molar-refractivity contribution in [3.05, 3.63) is 48.2 Å². The third-order valence-corrected chi connectivity index (χ3v) is 4.08. The van der Waals surface area contributed by atoms with E-state index in [0.29, 0.717) is 0 Å². The number of para-hydroxylation sites is 1. The largest absolute Gasteiger partial charge is 0.459 e. The van der Waals surface area contributed by atoms with Crippen molar-refractivity contribution in [3.63, 3.8) is 0 Å². The third-order valence-electron chi connectivity index (χ3n) is 4.08. The normalized spacial score (nSPS) is 12.2. The van der Waals surface area contributed by atoms with E-state index in [-0.39, 0.29) is 30.3 Å². The predicted octanol–water partition coefficient (Wildman–Crippen LogP) is 3.20. The van der Waals surface area contributed by atoms with Crippen LogP contribution in [0, 0.1) is 12.8 Å². The van der Waals surface area contributed by atoms with Crippen molar-refractivity contribution < 1.29 is 14.0 Å². The molecule has 128 valence electrons. The first-order chi connectivity index (χ1) is 11.3. The number of fused-ring (bicyclic) bond motifs is 1. The van der Waals surface area contributed by atoms with Gasteiger partial charge in [0.05, 0.1) is 12.6 Å². The quantitative estimate of drug-likeness (QED) is 0.828. The van der Waals surface area contributed by atoms with Crippen LogP contribution in [0.25, 0.3) is 11.0 Å². The molecule has 1 N–H and O–H groups in total. The van der Waals surface area contributed by atoms with Crippen molar-refractivity contribution >= 4 is 22.8 Å². The zero-order valence-electron chi connectivity index (χ0n) is 14.6. The molecular formula is C19H24N2O3. The second kappa shape index (κ2) is 7.34. The highest BCUT2D eigenvalue weighted by Gasteiger charge is 2.25. The second-order valence-electron chi connectivity index (χ2n) is 6.28. The van der Waals surface area contributed by atoms with Crippen molar-refractivity contribution in [3.8, 4) is 0 Å². The summed E-state index contributed by atoms with van der Waals surface area (Å²) in [6, 6.07) is 7.56. The Bertz CT molecular complexity index is 761. The van der Waals surface area contributed by atoms with Crippen LogP contribution in [0.2, 0.25) is 0 Å². The minimum absolute atomic E-state index is 0.0205. The summed E-state index contributed by atoms with van der Waals surface area (Å²) >= 11 is 0. The third kappa shape index (κ3) is 3.67. The molecule has 0 aliphatic rings. The lowest BCUT2D eigenvalue weighted by molar-refractivity contribution is -0.131. The average molecular weight is 328 g/mol. The smallest absolute Gasteiger partial charge is 0.246 e. The van der Waals surface area contributed by atoms with Crippen LogP contribution in [0.1, 0.15) is 31.2 Å². The van der Waals surface area contributed by atoms with E-state index >= 15 is 0 Å². The van der Waals surface area contributed by atoms with Crippen molar-refractivity contribution in [2.24, 2.45) is 5.92 Å². The topological polar surface area (TPSA) is 62.6 Å². The molecule has 1 unspecified atom stereocenters. The zero-order valence-corrected chi connectivity index (χ0v) is 14.6. The Kier molecular flexibility index (Phi) is 5.44. The Labute approximate surface area is 142 Å². The summed E-state index contributed by atoms with van der Waals surface area (Å²) in [5.41, 5.74) is 1.84. The first-order valence-corrected chi connectivity index (χ1v) is 8.00. The highest BCUT2D eigenvalue weighted by Crippen LogP contribution is 2.32. The van der Waals surface area contributed by atoms with Crippen LogP contribution < -0.4 is 5.32 Å². The fraction of sp³-hybridized carbons (Fsp3) is 0.368. The molecule has 0 bridgehead atoms. The van der Waals surface area contributed by atoms with E-state index in [1.165, 1.54) is 11.0 Å². The Morgan fingerprint density at radius 3 is 2.58 bits per heavy atom. The van der Waals surface area contributed by atoms with Gasteiger partial charge in [0.2, 0.25) is 11.8 Å². The maximum Gasteiger partial charge on any atom is 0.246 e. The molecule has 1 heterocycles. The maximum absolute atomic E-state index is 12.3. The molecule has 0 radical (unpaired) electrons. The Morgan fingerprint density at radius 1 is 1.33 bits per heavy atom. The van der Waals surface area contributed by atoms with Gasteiger partial charge in [-0.15, -0.1) is 0 Å². The summed E-state index contributed by atoms with van der Waals surface area (Å²) in [5, 5.41) is 4.03. The van der Waals surface area contributed by atoms with Gasteiger partial charge in [-0.2, -0.15) is 0 Å². The van der Waals surface area contributed by atoms with Crippen molar-refractivity contribution in [1.82, 2.24) is 10.2 Å². The molecule has 0 saturated carbocycles. The number of hydrogen-bond donors (Lipinski definition) is 1. The molecule has 2 rings (SSSR count). The average Bonchev–Trinajstić information content (AvgIpc) is 2.88. The number of aryl methyl sites for hydroxylation is 1. The molecule has 0 aliphatic heterocycles. The van der Waals surface area contributed by atoms with Crippen molar-refractivity contribution in [2.45, 2.75) is 26.8 Å². The molecule has 2 aromatic rings. The summed E-state index contributed by atoms with van der Waals surface area (Å²) in [5.74, 6) is 0.392. The minimum atomic E-state index is -0.286. The van der Waals surface area contributed by atoms with E-state index in [1.54, 1.807) is 7.05 Å². The lowest BCUT2D eigenvalue weighted by Crippen LogP contribution is -2.40. The number of amides is 2. The van der Waals surface area contributed by atoms with Gasteiger partial charge in [-0.05, 0) is 25.0 Å². The summed E-state index contributed by atoms with van der Waals surface area (Å²) in [6.45, 7) is 9.45. The van der Waals surface area contributed by atoms with Crippen LogP contribution >= 0.6 is 0 Å². The van der Waals surface area contributed by atoms with Gasteiger partial charge in [-0.3, -0.25) is 9.59 Å². The van der Waals surface area contributed by atoms with E-state index in [9.17, 15) is 9.59 Å². The molecule has 2 amide bonds. The standard InChI is InChI=1S/C19H24N2O3/c1-6-17(23)21(5)11-16(22)20-18(12(2)3)19-13(4)14-9-7-8-10-15(14)24-19/h6-10,12,18H,1,11H2,2-5H3,(H,20,22). The van der Waals surface area contributed by atoms with E-state index in [4.69, 9.17) is 4.42 Å². The number of benzene rings is 1. The fourth-order valence-electron chi connectivity index (χ4n) is 2.69. The molecule has 0 aliphatic carbocycles. The van der Waals surface area contributed by atoms with Gasteiger partial charge in [0.1, 0.15) is 11.3 Å². The summed E-state index contributed by atoms with van der Waals surface area (Å²) < 4.78 is 5.99. The molecule has 0 fully saturated rings. The van der Waals surface area contributed by atoms with E-state index < -0.39 is 0 Å². The van der Waals surface area contributed by atoms with E-state index in [0.717, 1.165) is 22.3 Å². The van der Waals surface area contributed by atoms with Crippen molar-refractivity contribution in [1.29, 1.82) is 0 Å². The fourth-order valence-corrected chi connectivity index (χ4v) is 2.69. The van der Waals surface area contributed by atoms with Crippen LogP contribution in [-0.2, 0) is 9.59 Å². The monoisotopic (exact) mass is 328 g/mol. The highest BCUT2D eigenvalue weighted by molar-refractivity contribution is 5.90. The van der Waals surface area contributed by atoms with Gasteiger partial charge in [-0.1, -0.05) is 38.6 Å². The Morgan fingerprint density at radius 2 is 2.00 bits per heavy atom. The number of furan rings is 1. The number of hydrogen-bond acceptors (Lipinski definition) is 3. The van der Waals surface area contributed by atoms with E-state index in [1.807, 2.05) is 45.0 Å². The summed E-state index contributed by atoms with van der Waals surface area (Å²) in [6.07, 6.45) is 1.19. The first-order valence-electron chi connectivity index (χ1n) is 8.00. The SMILES string of the molecule is C=CC(=O)N(C)CC(=O)NC(c1oc2ccccc2c1C)C(C)C. The summed E-state index contributed by atoms with van der Waals surface area (Å²) in [4.78, 5) is 25.1. The predicted molar refractivity (Wildman–Crippen MR) is 94.5 cm³/mol. The number of nitrogens with one attached hydrogen (secondary N) is 1. The van der Waals surface area contributed by atoms with Crippen LogP contribution in [0.15, 0.2) is 41.3 Å². The molecule has 5 nitrogen and oxygen atoms in total. The maximum atomic E-state index is 12.3. The molecule has 1 aromatic carbocycles. The van der Waals surface area contributed by atoms with Crippen LogP contribution in [0.5, 0.6) is 0 Å². The lowest BCUT2D eigenvalue weighted by atomic mass is 9.98. The number of carbonyl (C=O) groups excluding carboxylic acids is 2. The molecule has 0 spiro atoms. The summed E-state index contributed by atoms with van der Waals surface area (Å²) in [7, 11) is 1.57. The molecule has 1 aromatic heterocycles. The zero-order chi connectivity index (χ0) is 17.9. The number of rotatable bonds is 6. The molecule has 5 heteroatoms. The molecular weight excluding hydrogens is 304 g/mol. The van der Waals surface area contributed by atoms with Gasteiger partial charge in [-0.25, -0.2) is 0 Å². The van der Waals surface area contributed by atoms with Gasteiger partial charge >= 0.3 is 0 Å². The van der Waals surface area contributed by atoms with Gasteiger partial charge in [0, 0.05) is 18.0 Å². The Hall–Kier alpha value is -2.56. The Balaban J connectivity index is 2.23. The van der Waals surface area contributed by atoms with E-state index in [2.05, 4.69) is 11.9 Å². The lowest BCUT2D eigenvalue weighted by Gasteiger charge is -2.23. The van der Waals surface area contributed by atoms with Crippen LogP contribution in [0.3, 0.4) is 0 Å². The first kappa shape index (κ1) is 17.8. The molecule has 0 saturated heterocycles. The number of likely N-dealkylation sites (N-methyl/N-ethyl adjacent to an activating group) is 1. The molecule has 1 atom stereocenters. The number of carbonyl (C=O) groups is 2. The molecule has 24 heavy (non-hydrogen) atoms. The van der Waals surface area contributed by atoms with Crippen LogP contribution in [-0.4, -0.2) is 30.3 Å². The van der Waals surface area contributed by atoms with Gasteiger partial charge in [0.15, 0.2) is 0 Å². The van der Waals surface area contributed by atoms with Gasteiger partial charge < -0.3 is 14.6 Å². The second-order valence-corrected chi connectivity index (χ2v) is 6.28. The minimum Gasteiger partial charge on any atom is -0.459 e. The van der Waals surface area contributed by atoms with Crippen molar-refractivity contribution in [2.75, 3.05) is 13.6 Å². The van der Waals surface area contributed by atoms with Crippen LogP contribution in [0.4, 0.5) is 0 Å².